The molecule has 0 saturated heterocycles. The van der Waals surface area contributed by atoms with Crippen LogP contribution in [-0.4, -0.2) is 25.7 Å². The molecule has 0 N–H and O–H groups in total. The second kappa shape index (κ2) is 5.71. The topological polar surface area (TPSA) is 48.3 Å². The smallest absolute Gasteiger partial charge is 0.263 e. The van der Waals surface area contributed by atoms with Crippen molar-refractivity contribution >= 4 is 30.6 Å². The molecule has 7 heteroatoms. The number of hydrogen-bond acceptors (Lipinski definition) is 3. The number of benzene rings is 1. The van der Waals surface area contributed by atoms with Gasteiger partial charge in [-0.3, -0.25) is 0 Å². The molecule has 0 amide bonds. The van der Waals surface area contributed by atoms with Crippen LogP contribution < -0.4 is 0 Å². The lowest BCUT2D eigenvalue weighted by molar-refractivity contribution is 0.0733. The van der Waals surface area contributed by atoms with Gasteiger partial charge in [-0.1, -0.05) is 0 Å². The van der Waals surface area contributed by atoms with Crippen molar-refractivity contribution in [2.24, 2.45) is 0 Å². The summed E-state index contributed by atoms with van der Waals surface area (Å²) < 4.78 is 43.5. The largest absolute Gasteiger partial charge is 0.377 e. The molecule has 0 unspecified atom stereocenters. The van der Waals surface area contributed by atoms with Gasteiger partial charge in [-0.05, 0) is 32.0 Å². The number of halogens is 2. The molecule has 0 aliphatic carbocycles. The minimum atomic E-state index is -3.92. The van der Waals surface area contributed by atoms with E-state index >= 15 is 0 Å². The summed E-state index contributed by atoms with van der Waals surface area (Å²) >= 11 is 0. The summed E-state index contributed by atoms with van der Waals surface area (Å²) in [6.45, 7) is 4.73. The quantitative estimate of drug-likeness (QED) is 0.795. The van der Waals surface area contributed by atoms with E-state index in [1.807, 2.05) is 13.8 Å². The van der Waals surface area contributed by atoms with Gasteiger partial charge >= 0.3 is 0 Å². The number of ether oxygens (including phenoxy) is 1. The Morgan fingerprint density at radius 2 is 2.10 bits per heavy atom. The van der Waals surface area contributed by atoms with Crippen molar-refractivity contribution in [1.82, 2.24) is 4.57 Å². The van der Waals surface area contributed by atoms with Crippen LogP contribution in [0.2, 0.25) is 0 Å². The van der Waals surface area contributed by atoms with Gasteiger partial charge in [0.2, 0.25) is 0 Å². The highest BCUT2D eigenvalue weighted by Gasteiger charge is 2.19. The Bertz CT molecular complexity index is 725. The predicted molar refractivity (Wildman–Crippen MR) is 76.0 cm³/mol. The summed E-state index contributed by atoms with van der Waals surface area (Å²) in [6, 6.07) is 3.99. The molecule has 0 radical (unpaired) electrons. The van der Waals surface area contributed by atoms with Gasteiger partial charge in [-0.15, -0.1) is 0 Å². The first-order chi connectivity index (χ1) is 9.29. The lowest BCUT2D eigenvalue weighted by Gasteiger charge is -2.09. The van der Waals surface area contributed by atoms with E-state index in [1.54, 1.807) is 4.57 Å². The maximum absolute atomic E-state index is 13.3. The molecule has 110 valence electrons. The standard InChI is InChI=1S/C13H15ClFNO3S/c1-9(2)19-6-5-16-8-13(20(14,17)18)11-7-10(15)3-4-12(11)16/h3-4,7-9H,5-6H2,1-2H3. The average molecular weight is 320 g/mol. The van der Waals surface area contributed by atoms with Gasteiger partial charge in [0.25, 0.3) is 9.05 Å². The molecule has 1 heterocycles. The summed E-state index contributed by atoms with van der Waals surface area (Å²) in [5.74, 6) is -0.504. The highest BCUT2D eigenvalue weighted by atomic mass is 35.7. The Morgan fingerprint density at radius 3 is 2.70 bits per heavy atom. The number of aromatic nitrogens is 1. The molecule has 0 fully saturated rings. The Hall–Kier alpha value is -1.11. The zero-order chi connectivity index (χ0) is 14.9. The van der Waals surface area contributed by atoms with Crippen LogP contribution in [0.4, 0.5) is 4.39 Å². The summed E-state index contributed by atoms with van der Waals surface area (Å²) in [6.07, 6.45) is 1.50. The van der Waals surface area contributed by atoms with Crippen molar-refractivity contribution in [2.75, 3.05) is 6.61 Å². The van der Waals surface area contributed by atoms with Crippen LogP contribution in [0.25, 0.3) is 10.9 Å². The summed E-state index contributed by atoms with van der Waals surface area (Å²) in [4.78, 5) is -0.0850. The highest BCUT2D eigenvalue weighted by molar-refractivity contribution is 8.14. The number of rotatable bonds is 5. The van der Waals surface area contributed by atoms with E-state index in [1.165, 1.54) is 24.4 Å². The molecule has 0 saturated carbocycles. The van der Waals surface area contributed by atoms with Crippen LogP contribution in [0.1, 0.15) is 13.8 Å². The van der Waals surface area contributed by atoms with Crippen molar-refractivity contribution < 1.29 is 17.5 Å². The van der Waals surface area contributed by atoms with Gasteiger partial charge in [0.05, 0.1) is 12.7 Å². The molecule has 0 spiro atoms. The fraction of sp³-hybridized carbons (Fsp3) is 0.385. The van der Waals surface area contributed by atoms with Gasteiger partial charge in [0.15, 0.2) is 0 Å². The molecule has 4 nitrogen and oxygen atoms in total. The zero-order valence-electron chi connectivity index (χ0n) is 11.1. The van der Waals surface area contributed by atoms with Crippen molar-refractivity contribution in [3.8, 4) is 0 Å². The van der Waals surface area contributed by atoms with Crippen LogP contribution in [0.5, 0.6) is 0 Å². The van der Waals surface area contributed by atoms with Crippen molar-refractivity contribution in [3.05, 3.63) is 30.2 Å². The second-order valence-corrected chi connectivity index (χ2v) is 7.24. The van der Waals surface area contributed by atoms with E-state index < -0.39 is 14.9 Å². The third kappa shape index (κ3) is 3.31. The second-order valence-electron chi connectivity index (χ2n) is 4.71. The molecule has 1 aromatic carbocycles. The molecule has 0 aliphatic rings. The molecule has 1 aromatic heterocycles. The summed E-state index contributed by atoms with van der Waals surface area (Å²) in [7, 11) is 1.47. The van der Waals surface area contributed by atoms with E-state index in [-0.39, 0.29) is 16.4 Å². The molecule has 0 bridgehead atoms. The number of nitrogens with zero attached hydrogens (tertiary/aromatic N) is 1. The monoisotopic (exact) mass is 319 g/mol. The van der Waals surface area contributed by atoms with Crippen LogP contribution in [0, 0.1) is 5.82 Å². The fourth-order valence-electron chi connectivity index (χ4n) is 2.00. The molecular weight excluding hydrogens is 305 g/mol. The summed E-state index contributed by atoms with van der Waals surface area (Å²) in [5, 5.41) is 0.282. The predicted octanol–water partition coefficient (Wildman–Crippen LogP) is 3.13. The maximum atomic E-state index is 13.3. The molecule has 20 heavy (non-hydrogen) atoms. The van der Waals surface area contributed by atoms with Crippen molar-refractivity contribution in [1.29, 1.82) is 0 Å². The molecular formula is C13H15ClFNO3S. The van der Waals surface area contributed by atoms with Crippen molar-refractivity contribution in [2.45, 2.75) is 31.4 Å². The minimum absolute atomic E-state index is 0.0850. The lowest BCUT2D eigenvalue weighted by atomic mass is 10.2. The average Bonchev–Trinajstić information content (AvgIpc) is 2.66. The molecule has 2 aromatic rings. The first-order valence-electron chi connectivity index (χ1n) is 6.13. The summed E-state index contributed by atoms with van der Waals surface area (Å²) in [5.41, 5.74) is 0.609. The van der Waals surface area contributed by atoms with Crippen LogP contribution in [0.15, 0.2) is 29.3 Å². The van der Waals surface area contributed by atoms with E-state index in [0.717, 1.165) is 0 Å². The van der Waals surface area contributed by atoms with Gasteiger partial charge < -0.3 is 9.30 Å². The van der Waals surface area contributed by atoms with Crippen LogP contribution in [0.3, 0.4) is 0 Å². The molecule has 2 rings (SSSR count). The highest BCUT2D eigenvalue weighted by Crippen LogP contribution is 2.28. The van der Waals surface area contributed by atoms with E-state index in [9.17, 15) is 12.8 Å². The molecule has 0 atom stereocenters. The van der Waals surface area contributed by atoms with Crippen LogP contribution >= 0.6 is 10.7 Å². The Balaban J connectivity index is 2.45. The lowest BCUT2D eigenvalue weighted by Crippen LogP contribution is -2.09. The zero-order valence-corrected chi connectivity index (χ0v) is 12.7. The van der Waals surface area contributed by atoms with Gasteiger partial charge in [-0.2, -0.15) is 0 Å². The first-order valence-corrected chi connectivity index (χ1v) is 8.44. The van der Waals surface area contributed by atoms with Gasteiger partial charge in [0, 0.05) is 34.3 Å². The van der Waals surface area contributed by atoms with Crippen molar-refractivity contribution in [3.63, 3.8) is 0 Å². The Morgan fingerprint density at radius 1 is 1.40 bits per heavy atom. The third-order valence-corrected chi connectivity index (χ3v) is 4.20. The third-order valence-electron chi connectivity index (χ3n) is 2.85. The fourth-order valence-corrected chi connectivity index (χ4v) is 3.05. The number of fused-ring (bicyclic) bond motifs is 1. The Kier molecular flexibility index (Phi) is 4.36. The van der Waals surface area contributed by atoms with E-state index in [0.29, 0.717) is 18.7 Å². The van der Waals surface area contributed by atoms with Crippen LogP contribution in [-0.2, 0) is 20.3 Å². The van der Waals surface area contributed by atoms with E-state index in [4.69, 9.17) is 15.4 Å². The van der Waals surface area contributed by atoms with Gasteiger partial charge in [0.1, 0.15) is 10.7 Å². The SMILES string of the molecule is CC(C)OCCn1cc(S(=O)(=O)Cl)c2cc(F)ccc21. The number of hydrogen-bond donors (Lipinski definition) is 0. The maximum Gasteiger partial charge on any atom is 0.263 e. The van der Waals surface area contributed by atoms with Gasteiger partial charge in [-0.25, -0.2) is 12.8 Å². The normalized spacial score (nSPS) is 12.4. The molecule has 0 aliphatic heterocycles. The minimum Gasteiger partial charge on any atom is -0.377 e. The van der Waals surface area contributed by atoms with E-state index in [2.05, 4.69) is 0 Å². The first kappa shape index (κ1) is 15.3. The Labute approximate surface area is 121 Å².